The second-order valence-corrected chi connectivity index (χ2v) is 6.50. The molecule has 3 aromatic rings. The maximum atomic E-state index is 12.8. The smallest absolute Gasteiger partial charge is 0.255 e. The van der Waals surface area contributed by atoms with Crippen LogP contribution in [-0.4, -0.2) is 37.1 Å². The van der Waals surface area contributed by atoms with Crippen molar-refractivity contribution >= 4 is 23.2 Å². The van der Waals surface area contributed by atoms with Crippen LogP contribution in [0.2, 0.25) is 0 Å². The van der Waals surface area contributed by atoms with E-state index in [4.69, 9.17) is 9.47 Å². The fraction of sp³-hybridized carbons (Fsp3) is 0.174. The molecule has 7 nitrogen and oxygen atoms in total. The van der Waals surface area contributed by atoms with Crippen molar-refractivity contribution < 1.29 is 19.1 Å². The predicted octanol–water partition coefficient (Wildman–Crippen LogP) is 3.92. The highest BCUT2D eigenvalue weighted by molar-refractivity contribution is 6.08. The Hall–Kier alpha value is -3.71. The van der Waals surface area contributed by atoms with E-state index in [-0.39, 0.29) is 11.8 Å². The van der Waals surface area contributed by atoms with E-state index < -0.39 is 0 Å². The van der Waals surface area contributed by atoms with Gasteiger partial charge in [0.25, 0.3) is 11.8 Å². The van der Waals surface area contributed by atoms with Gasteiger partial charge in [0.1, 0.15) is 12.3 Å². The van der Waals surface area contributed by atoms with Crippen LogP contribution in [0.3, 0.4) is 0 Å². The molecule has 0 unspecified atom stereocenters. The first-order chi connectivity index (χ1) is 14.6. The van der Waals surface area contributed by atoms with Crippen molar-refractivity contribution in [2.75, 3.05) is 31.0 Å². The number of aromatic nitrogens is 1. The van der Waals surface area contributed by atoms with Crippen LogP contribution in [0.1, 0.15) is 26.3 Å². The minimum Gasteiger partial charge on any atom is -0.474 e. The van der Waals surface area contributed by atoms with Gasteiger partial charge in [-0.15, -0.1) is 0 Å². The van der Waals surface area contributed by atoms with Crippen LogP contribution in [0, 0.1) is 6.92 Å². The van der Waals surface area contributed by atoms with Gasteiger partial charge in [-0.3, -0.25) is 9.59 Å². The fourth-order valence-corrected chi connectivity index (χ4v) is 2.70. The van der Waals surface area contributed by atoms with Gasteiger partial charge in [-0.05, 0) is 48.9 Å². The second kappa shape index (κ2) is 10.2. The quantitative estimate of drug-likeness (QED) is 0.555. The Morgan fingerprint density at radius 1 is 0.867 bits per heavy atom. The number of benzene rings is 2. The average molecular weight is 405 g/mol. The van der Waals surface area contributed by atoms with Gasteiger partial charge >= 0.3 is 0 Å². The number of amides is 2. The number of carbonyl (C=O) groups is 2. The SMILES string of the molecule is COCCOc1ncccc1NC(=O)c1ccc(C)c(NC(=O)c2ccccc2)c1. The number of nitrogens with one attached hydrogen (secondary N) is 2. The second-order valence-electron chi connectivity index (χ2n) is 6.50. The van der Waals surface area contributed by atoms with E-state index in [1.54, 1.807) is 67.9 Å². The molecule has 3 rings (SSSR count). The monoisotopic (exact) mass is 405 g/mol. The number of hydrogen-bond acceptors (Lipinski definition) is 5. The lowest BCUT2D eigenvalue weighted by atomic mass is 10.1. The summed E-state index contributed by atoms with van der Waals surface area (Å²) >= 11 is 0. The molecule has 30 heavy (non-hydrogen) atoms. The van der Waals surface area contributed by atoms with Crippen LogP contribution in [0.5, 0.6) is 5.88 Å². The topological polar surface area (TPSA) is 89.6 Å². The molecule has 0 fully saturated rings. The minimum absolute atomic E-state index is 0.239. The molecular weight excluding hydrogens is 382 g/mol. The van der Waals surface area contributed by atoms with E-state index in [1.807, 2.05) is 13.0 Å². The third-order valence-electron chi connectivity index (χ3n) is 4.33. The van der Waals surface area contributed by atoms with E-state index >= 15 is 0 Å². The van der Waals surface area contributed by atoms with Gasteiger partial charge in [0, 0.05) is 30.1 Å². The molecule has 154 valence electrons. The number of nitrogens with zero attached hydrogens (tertiary/aromatic N) is 1. The molecule has 1 heterocycles. The lowest BCUT2D eigenvalue weighted by Gasteiger charge is -2.13. The first kappa shape index (κ1) is 21.0. The van der Waals surface area contributed by atoms with Crippen molar-refractivity contribution in [1.82, 2.24) is 4.98 Å². The van der Waals surface area contributed by atoms with Gasteiger partial charge in [0.2, 0.25) is 5.88 Å². The van der Waals surface area contributed by atoms with Crippen molar-refractivity contribution in [3.63, 3.8) is 0 Å². The van der Waals surface area contributed by atoms with E-state index in [1.165, 1.54) is 0 Å². The molecule has 0 atom stereocenters. The summed E-state index contributed by atoms with van der Waals surface area (Å²) in [7, 11) is 1.58. The van der Waals surface area contributed by atoms with Crippen LogP contribution in [0.4, 0.5) is 11.4 Å². The third-order valence-corrected chi connectivity index (χ3v) is 4.33. The first-order valence-corrected chi connectivity index (χ1v) is 9.43. The Balaban J connectivity index is 1.75. The average Bonchev–Trinajstić information content (AvgIpc) is 2.77. The van der Waals surface area contributed by atoms with Crippen LogP contribution >= 0.6 is 0 Å². The predicted molar refractivity (Wildman–Crippen MR) is 115 cm³/mol. The lowest BCUT2D eigenvalue weighted by molar-refractivity contribution is 0.101. The number of ether oxygens (including phenoxy) is 2. The first-order valence-electron chi connectivity index (χ1n) is 9.43. The zero-order chi connectivity index (χ0) is 21.3. The highest BCUT2D eigenvalue weighted by Gasteiger charge is 2.14. The summed E-state index contributed by atoms with van der Waals surface area (Å²) < 4.78 is 10.5. The number of rotatable bonds is 8. The zero-order valence-electron chi connectivity index (χ0n) is 16.8. The van der Waals surface area contributed by atoms with Crippen LogP contribution in [-0.2, 0) is 4.74 Å². The summed E-state index contributed by atoms with van der Waals surface area (Å²) in [5.41, 5.74) is 2.81. The van der Waals surface area contributed by atoms with Crippen LogP contribution < -0.4 is 15.4 Å². The Labute approximate surface area is 175 Å². The number of carbonyl (C=O) groups excluding carboxylic acids is 2. The largest absolute Gasteiger partial charge is 0.474 e. The minimum atomic E-state index is -0.338. The summed E-state index contributed by atoms with van der Waals surface area (Å²) in [6.07, 6.45) is 1.58. The Morgan fingerprint density at radius 3 is 2.37 bits per heavy atom. The van der Waals surface area contributed by atoms with Gasteiger partial charge in [-0.2, -0.15) is 0 Å². The van der Waals surface area contributed by atoms with Crippen molar-refractivity contribution in [2.45, 2.75) is 6.92 Å². The zero-order valence-corrected chi connectivity index (χ0v) is 16.8. The molecule has 1 aromatic heterocycles. The van der Waals surface area contributed by atoms with E-state index in [2.05, 4.69) is 15.6 Å². The molecule has 0 spiro atoms. The number of aryl methyl sites for hydroxylation is 1. The molecule has 0 aliphatic carbocycles. The summed E-state index contributed by atoms with van der Waals surface area (Å²) in [5.74, 6) is -0.264. The normalized spacial score (nSPS) is 10.3. The van der Waals surface area contributed by atoms with Gasteiger partial charge in [0.15, 0.2) is 0 Å². The molecule has 0 saturated heterocycles. The summed E-state index contributed by atoms with van der Waals surface area (Å²) in [6.45, 7) is 2.59. The number of pyridine rings is 1. The van der Waals surface area contributed by atoms with Crippen LogP contribution in [0.15, 0.2) is 66.9 Å². The Morgan fingerprint density at radius 2 is 1.60 bits per heavy atom. The van der Waals surface area contributed by atoms with E-state index in [9.17, 15) is 9.59 Å². The molecule has 0 radical (unpaired) electrons. The molecule has 0 bridgehead atoms. The van der Waals surface area contributed by atoms with Crippen molar-refractivity contribution in [3.05, 3.63) is 83.6 Å². The number of methoxy groups -OCH3 is 1. The molecule has 0 saturated carbocycles. The molecule has 0 aliphatic rings. The Bertz CT molecular complexity index is 1020. The fourth-order valence-electron chi connectivity index (χ4n) is 2.70. The summed E-state index contributed by atoms with van der Waals surface area (Å²) in [5, 5.41) is 5.67. The molecule has 2 amide bonds. The molecule has 2 N–H and O–H groups in total. The third kappa shape index (κ3) is 5.42. The molecular formula is C23H23N3O4. The van der Waals surface area contributed by atoms with Gasteiger partial charge < -0.3 is 20.1 Å². The van der Waals surface area contributed by atoms with Crippen LogP contribution in [0.25, 0.3) is 0 Å². The van der Waals surface area contributed by atoms with Gasteiger partial charge in [-0.25, -0.2) is 4.98 Å². The molecule has 2 aromatic carbocycles. The van der Waals surface area contributed by atoms with Crippen molar-refractivity contribution in [1.29, 1.82) is 0 Å². The van der Waals surface area contributed by atoms with Gasteiger partial charge in [-0.1, -0.05) is 24.3 Å². The summed E-state index contributed by atoms with van der Waals surface area (Å²) in [4.78, 5) is 29.4. The van der Waals surface area contributed by atoms with E-state index in [0.717, 1.165) is 5.56 Å². The molecule has 7 heteroatoms. The van der Waals surface area contributed by atoms with E-state index in [0.29, 0.717) is 41.6 Å². The highest BCUT2D eigenvalue weighted by atomic mass is 16.5. The maximum Gasteiger partial charge on any atom is 0.255 e. The van der Waals surface area contributed by atoms with Crippen molar-refractivity contribution in [3.8, 4) is 5.88 Å². The van der Waals surface area contributed by atoms with Crippen molar-refractivity contribution in [2.24, 2.45) is 0 Å². The Kier molecular flexibility index (Phi) is 7.13. The standard InChI is InChI=1S/C23H23N3O4/c1-16-10-11-18(15-20(16)26-21(27)17-7-4-3-5-8-17)22(28)25-19-9-6-12-24-23(19)30-14-13-29-2/h3-12,15H,13-14H2,1-2H3,(H,25,28)(H,26,27). The lowest BCUT2D eigenvalue weighted by Crippen LogP contribution is -2.16. The maximum absolute atomic E-state index is 12.8. The number of anilines is 2. The summed E-state index contributed by atoms with van der Waals surface area (Å²) in [6, 6.07) is 17.4. The molecule has 0 aliphatic heterocycles. The number of hydrogen-bond donors (Lipinski definition) is 2. The highest BCUT2D eigenvalue weighted by Crippen LogP contribution is 2.23. The van der Waals surface area contributed by atoms with Gasteiger partial charge in [0.05, 0.1) is 6.61 Å².